The number of nitrogens with zero attached hydrogens (tertiary/aromatic N) is 4. The lowest BCUT2D eigenvalue weighted by Gasteiger charge is -2.35. The first-order valence-corrected chi connectivity index (χ1v) is 12.1. The van der Waals surface area contributed by atoms with Crippen molar-refractivity contribution in [2.45, 2.75) is 69.8 Å². The topological polar surface area (TPSA) is 93.6 Å². The smallest absolute Gasteiger partial charge is 0.219 e. The predicted molar refractivity (Wildman–Crippen MR) is 128 cm³/mol. The summed E-state index contributed by atoms with van der Waals surface area (Å²) in [4.78, 5) is 24.7. The van der Waals surface area contributed by atoms with Gasteiger partial charge in [-0.15, -0.1) is 0 Å². The van der Waals surface area contributed by atoms with E-state index in [2.05, 4.69) is 49.8 Å². The largest absolute Gasteiger partial charge is 0.391 e. The molecule has 1 saturated heterocycles. The standard InChI is InChI=1S/C25H34N6O2/c1-17(32)30-10-7-20(8-11-30)28-24-14-25(27-16-26-24)29-21-12-22(23(33)13-21)31-9-6-18-4-2-3-5-19(18)15-31/h2-5,14,16,20-23,33H,6-13,15H2,1H3,(H2,26,27,28,29)/t21?,22?,23-/m0/s1. The van der Waals surface area contributed by atoms with Gasteiger partial charge < -0.3 is 20.6 Å². The molecule has 1 aliphatic carbocycles. The van der Waals surface area contributed by atoms with Crippen molar-refractivity contribution in [3.8, 4) is 0 Å². The second kappa shape index (κ2) is 9.65. The van der Waals surface area contributed by atoms with E-state index in [9.17, 15) is 9.90 Å². The van der Waals surface area contributed by atoms with E-state index in [1.54, 1.807) is 13.3 Å². The van der Waals surface area contributed by atoms with Crippen molar-refractivity contribution < 1.29 is 9.90 Å². The number of anilines is 2. The predicted octanol–water partition coefficient (Wildman–Crippen LogP) is 2.26. The van der Waals surface area contributed by atoms with Crippen LogP contribution in [0, 0.1) is 0 Å². The van der Waals surface area contributed by atoms with Crippen LogP contribution in [0.1, 0.15) is 43.7 Å². The number of amides is 1. The SMILES string of the molecule is CC(=O)N1CCC(Nc2cc(NC3CC(N4CCc5ccccc5C4)[C@@H](O)C3)ncn2)CC1. The maximum absolute atomic E-state index is 11.5. The molecule has 2 aromatic rings. The minimum Gasteiger partial charge on any atom is -0.391 e. The van der Waals surface area contributed by atoms with Crippen LogP contribution in [0.5, 0.6) is 0 Å². The number of hydrogen-bond acceptors (Lipinski definition) is 7. The average Bonchev–Trinajstić information content (AvgIpc) is 3.19. The number of likely N-dealkylation sites (tertiary alicyclic amines) is 1. The molecular formula is C25H34N6O2. The second-order valence-corrected chi connectivity index (χ2v) is 9.65. The molecule has 3 aliphatic rings. The zero-order valence-corrected chi connectivity index (χ0v) is 19.3. The van der Waals surface area contributed by atoms with Gasteiger partial charge in [-0.05, 0) is 43.2 Å². The lowest BCUT2D eigenvalue weighted by Crippen LogP contribution is -2.43. The Bertz CT molecular complexity index is 977. The van der Waals surface area contributed by atoms with Crippen LogP contribution in [0.3, 0.4) is 0 Å². The molecule has 2 fully saturated rings. The molecule has 8 nitrogen and oxygen atoms in total. The van der Waals surface area contributed by atoms with Gasteiger partial charge in [0.2, 0.25) is 5.91 Å². The number of nitrogens with one attached hydrogen (secondary N) is 2. The van der Waals surface area contributed by atoms with Crippen molar-refractivity contribution in [3.05, 3.63) is 47.8 Å². The van der Waals surface area contributed by atoms with Crippen molar-refractivity contribution >= 4 is 17.5 Å². The maximum Gasteiger partial charge on any atom is 0.219 e. The van der Waals surface area contributed by atoms with Crippen LogP contribution < -0.4 is 10.6 Å². The number of rotatable bonds is 5. The Kier molecular flexibility index (Phi) is 6.46. The summed E-state index contributed by atoms with van der Waals surface area (Å²) < 4.78 is 0. The summed E-state index contributed by atoms with van der Waals surface area (Å²) in [7, 11) is 0. The molecule has 1 aromatic carbocycles. The number of hydrogen-bond donors (Lipinski definition) is 3. The van der Waals surface area contributed by atoms with Crippen LogP contribution in [0.2, 0.25) is 0 Å². The normalized spacial score (nSPS) is 26.1. The lowest BCUT2D eigenvalue weighted by atomic mass is 9.98. The summed E-state index contributed by atoms with van der Waals surface area (Å²) >= 11 is 0. The van der Waals surface area contributed by atoms with E-state index >= 15 is 0 Å². The highest BCUT2D eigenvalue weighted by molar-refractivity contribution is 5.73. The van der Waals surface area contributed by atoms with Gasteiger partial charge in [-0.1, -0.05) is 24.3 Å². The van der Waals surface area contributed by atoms with Gasteiger partial charge >= 0.3 is 0 Å². The van der Waals surface area contributed by atoms with Crippen molar-refractivity contribution in [2.75, 3.05) is 30.3 Å². The molecule has 8 heteroatoms. The van der Waals surface area contributed by atoms with E-state index in [0.29, 0.717) is 6.04 Å². The fraction of sp³-hybridized carbons (Fsp3) is 0.560. The van der Waals surface area contributed by atoms with E-state index in [4.69, 9.17) is 0 Å². The van der Waals surface area contributed by atoms with Gasteiger partial charge in [0.15, 0.2) is 0 Å². The number of benzene rings is 1. The zero-order valence-electron chi connectivity index (χ0n) is 19.3. The van der Waals surface area contributed by atoms with Crippen LogP contribution in [-0.2, 0) is 17.8 Å². The van der Waals surface area contributed by atoms with Crippen LogP contribution >= 0.6 is 0 Å². The fourth-order valence-electron chi connectivity index (χ4n) is 5.58. The molecule has 1 aromatic heterocycles. The highest BCUT2D eigenvalue weighted by Crippen LogP contribution is 2.31. The minimum absolute atomic E-state index is 0.146. The highest BCUT2D eigenvalue weighted by Gasteiger charge is 2.38. The Morgan fingerprint density at radius 3 is 2.42 bits per heavy atom. The average molecular weight is 451 g/mol. The van der Waals surface area contributed by atoms with Gasteiger partial charge in [-0.25, -0.2) is 9.97 Å². The molecule has 3 atom stereocenters. The Balaban J connectivity index is 1.16. The van der Waals surface area contributed by atoms with Crippen molar-refractivity contribution in [2.24, 2.45) is 0 Å². The molecule has 0 radical (unpaired) electrons. The maximum atomic E-state index is 11.5. The summed E-state index contributed by atoms with van der Waals surface area (Å²) in [5, 5.41) is 17.8. The fourth-order valence-corrected chi connectivity index (χ4v) is 5.58. The molecule has 1 saturated carbocycles. The van der Waals surface area contributed by atoms with Gasteiger partial charge in [-0.3, -0.25) is 9.69 Å². The number of piperidine rings is 1. The molecule has 3 N–H and O–H groups in total. The van der Waals surface area contributed by atoms with Gasteiger partial charge in [0, 0.05) is 57.3 Å². The van der Waals surface area contributed by atoms with E-state index in [-0.39, 0.29) is 24.1 Å². The van der Waals surface area contributed by atoms with Gasteiger partial charge in [-0.2, -0.15) is 0 Å². The molecule has 33 heavy (non-hydrogen) atoms. The Morgan fingerprint density at radius 1 is 1.00 bits per heavy atom. The molecule has 0 bridgehead atoms. The van der Waals surface area contributed by atoms with Crippen molar-refractivity contribution in [3.63, 3.8) is 0 Å². The summed E-state index contributed by atoms with van der Waals surface area (Å²) in [5.41, 5.74) is 2.82. The molecule has 5 rings (SSSR count). The highest BCUT2D eigenvalue weighted by atomic mass is 16.3. The third-order valence-corrected chi connectivity index (χ3v) is 7.44. The number of aliphatic hydroxyl groups is 1. The van der Waals surface area contributed by atoms with Crippen molar-refractivity contribution in [1.29, 1.82) is 0 Å². The molecule has 1 amide bonds. The van der Waals surface area contributed by atoms with Gasteiger partial charge in [0.1, 0.15) is 18.0 Å². The molecule has 2 unspecified atom stereocenters. The lowest BCUT2D eigenvalue weighted by molar-refractivity contribution is -0.129. The summed E-state index contributed by atoms with van der Waals surface area (Å²) in [6.45, 7) is 5.10. The van der Waals surface area contributed by atoms with Crippen LogP contribution in [-0.4, -0.2) is 74.6 Å². The number of fused-ring (bicyclic) bond motifs is 1. The second-order valence-electron chi connectivity index (χ2n) is 9.65. The van der Waals surface area contributed by atoms with E-state index < -0.39 is 0 Å². The summed E-state index contributed by atoms with van der Waals surface area (Å²) in [5.74, 6) is 1.74. The van der Waals surface area contributed by atoms with E-state index in [1.165, 1.54) is 11.1 Å². The van der Waals surface area contributed by atoms with Crippen LogP contribution in [0.4, 0.5) is 11.6 Å². The first-order valence-electron chi connectivity index (χ1n) is 12.1. The minimum atomic E-state index is -0.335. The Labute approximate surface area is 195 Å². The third kappa shape index (κ3) is 5.12. The third-order valence-electron chi connectivity index (χ3n) is 7.44. The molecule has 0 spiro atoms. The van der Waals surface area contributed by atoms with Gasteiger partial charge in [0.05, 0.1) is 6.10 Å². The monoisotopic (exact) mass is 450 g/mol. The Hall–Kier alpha value is -2.71. The first kappa shape index (κ1) is 22.1. The first-order chi connectivity index (χ1) is 16.0. The Morgan fingerprint density at radius 2 is 1.70 bits per heavy atom. The molecule has 3 heterocycles. The molecule has 2 aliphatic heterocycles. The quantitative estimate of drug-likeness (QED) is 0.643. The summed E-state index contributed by atoms with van der Waals surface area (Å²) in [6, 6.07) is 11.2. The van der Waals surface area contributed by atoms with Crippen molar-refractivity contribution in [1.82, 2.24) is 19.8 Å². The number of aromatic nitrogens is 2. The summed E-state index contributed by atoms with van der Waals surface area (Å²) in [6.07, 6.45) is 5.75. The van der Waals surface area contributed by atoms with Crippen LogP contribution in [0.25, 0.3) is 0 Å². The zero-order chi connectivity index (χ0) is 22.8. The van der Waals surface area contributed by atoms with E-state index in [1.807, 2.05) is 11.0 Å². The van der Waals surface area contributed by atoms with Gasteiger partial charge in [0.25, 0.3) is 0 Å². The number of carbonyl (C=O) groups is 1. The number of carbonyl (C=O) groups excluding carboxylic acids is 1. The molecular weight excluding hydrogens is 416 g/mol. The number of aliphatic hydroxyl groups excluding tert-OH is 1. The molecule has 176 valence electrons. The van der Waals surface area contributed by atoms with Crippen LogP contribution in [0.15, 0.2) is 36.7 Å². The van der Waals surface area contributed by atoms with E-state index in [0.717, 1.165) is 69.9 Å².